The minimum absolute atomic E-state index is 0.205. The Morgan fingerprint density at radius 3 is 2.68 bits per heavy atom. The summed E-state index contributed by atoms with van der Waals surface area (Å²) in [7, 11) is 0. The van der Waals surface area contributed by atoms with Crippen LogP contribution in [0.4, 0.5) is 0 Å². The van der Waals surface area contributed by atoms with Crippen LogP contribution < -0.4 is 0 Å². The quantitative estimate of drug-likeness (QED) is 0.234. The predicted octanol–water partition coefficient (Wildman–Crippen LogP) is 7.51. The Kier molecular flexibility index (Phi) is 3.30. The van der Waals surface area contributed by atoms with E-state index in [-0.39, 0.29) is 17.8 Å². The average molecular weight is 473 g/mol. The number of allylic oxidation sites excluding steroid dienone is 6. The molecule has 0 bridgehead atoms. The molecule has 2 aliphatic heterocycles. The van der Waals surface area contributed by atoms with Crippen molar-refractivity contribution in [3.05, 3.63) is 101 Å². The van der Waals surface area contributed by atoms with E-state index in [0.717, 1.165) is 34.0 Å². The molecule has 4 heteroatoms. The number of aromatic nitrogens is 2. The second kappa shape index (κ2) is 6.30. The van der Waals surface area contributed by atoms with Crippen LogP contribution in [0, 0.1) is 28.6 Å². The molecular formula is C33H20N4. The lowest BCUT2D eigenvalue weighted by Crippen LogP contribution is -2.13. The van der Waals surface area contributed by atoms with Crippen LogP contribution in [0.1, 0.15) is 53.1 Å². The van der Waals surface area contributed by atoms with E-state index >= 15 is 0 Å². The summed E-state index contributed by atoms with van der Waals surface area (Å²) in [6.07, 6.45) is 9.68. The molecule has 0 fully saturated rings. The van der Waals surface area contributed by atoms with Crippen molar-refractivity contribution >= 4 is 44.0 Å². The molecule has 3 atom stereocenters. The summed E-state index contributed by atoms with van der Waals surface area (Å²) < 4.78 is 4.84. The molecule has 2 aliphatic carbocycles. The van der Waals surface area contributed by atoms with Crippen LogP contribution in [0.2, 0.25) is 0 Å². The van der Waals surface area contributed by atoms with E-state index in [1.54, 1.807) is 0 Å². The number of hydrogen-bond donors (Lipinski definition) is 0. The molecule has 9 rings (SSSR count). The molecule has 4 aliphatic rings. The van der Waals surface area contributed by atoms with Crippen molar-refractivity contribution in [3.63, 3.8) is 0 Å². The molecule has 4 nitrogen and oxygen atoms in total. The Bertz CT molecular complexity index is 2110. The third-order valence-corrected chi connectivity index (χ3v) is 9.10. The van der Waals surface area contributed by atoms with Crippen LogP contribution in [0.3, 0.4) is 0 Å². The van der Waals surface area contributed by atoms with E-state index in [2.05, 4.69) is 95.0 Å². The Balaban J connectivity index is 1.45. The van der Waals surface area contributed by atoms with Gasteiger partial charge >= 0.3 is 0 Å². The minimum Gasteiger partial charge on any atom is -0.312 e. The van der Waals surface area contributed by atoms with Crippen LogP contribution in [0.15, 0.2) is 72.8 Å². The number of nitriles is 2. The first-order chi connectivity index (χ1) is 18.2. The Morgan fingerprint density at radius 2 is 1.81 bits per heavy atom. The van der Waals surface area contributed by atoms with Crippen molar-refractivity contribution < 1.29 is 0 Å². The van der Waals surface area contributed by atoms with Gasteiger partial charge in [-0.1, -0.05) is 49.4 Å². The fourth-order valence-corrected chi connectivity index (χ4v) is 7.77. The number of fused-ring (bicyclic) bond motifs is 12. The standard InChI is InChI=1S/C33H20N4/c1-17-12-19(16-35)31-22-7-3-5-9-26(22)37-28-13-23-20-11-10-18(15-34)30-21-6-2-4-8-25(21)36(32(20)30)27(23)14-24(28)29(17)33(31)37/h2-5,7-14,17,21,29H,6H2,1H3. The summed E-state index contributed by atoms with van der Waals surface area (Å²) in [5.74, 6) is 0.656. The average Bonchev–Trinajstić information content (AvgIpc) is 3.64. The first kappa shape index (κ1) is 19.4. The topological polar surface area (TPSA) is 57.4 Å². The monoisotopic (exact) mass is 472 g/mol. The maximum Gasteiger partial charge on any atom is 0.0995 e. The van der Waals surface area contributed by atoms with Gasteiger partial charge in [-0.05, 0) is 48.2 Å². The number of para-hydroxylation sites is 1. The summed E-state index contributed by atoms with van der Waals surface area (Å²) in [4.78, 5) is 0. The maximum atomic E-state index is 10.0. The molecule has 0 saturated carbocycles. The molecule has 0 radical (unpaired) electrons. The highest BCUT2D eigenvalue weighted by Gasteiger charge is 2.42. The van der Waals surface area contributed by atoms with E-state index in [0.29, 0.717) is 0 Å². The SMILES string of the molecule is CC1C=C(C#N)c2c3n(c4ccccc24)-c2cc4c5ccc(C#N)c6c5n(c4cc2C31)C1=CC=CCC16. The Morgan fingerprint density at radius 1 is 0.919 bits per heavy atom. The predicted molar refractivity (Wildman–Crippen MR) is 146 cm³/mol. The third kappa shape index (κ3) is 2.04. The first-order valence-electron chi connectivity index (χ1n) is 12.9. The van der Waals surface area contributed by atoms with Crippen LogP contribution >= 0.6 is 0 Å². The molecule has 37 heavy (non-hydrogen) atoms. The smallest absolute Gasteiger partial charge is 0.0995 e. The van der Waals surface area contributed by atoms with Gasteiger partial charge in [0.2, 0.25) is 0 Å². The number of nitrogens with zero attached hydrogens (tertiary/aromatic N) is 4. The van der Waals surface area contributed by atoms with E-state index in [1.165, 1.54) is 50.0 Å². The van der Waals surface area contributed by atoms with E-state index < -0.39 is 0 Å². The zero-order chi connectivity index (χ0) is 24.6. The van der Waals surface area contributed by atoms with E-state index in [4.69, 9.17) is 0 Å². The van der Waals surface area contributed by atoms with Crippen LogP contribution in [-0.4, -0.2) is 9.13 Å². The molecule has 3 aromatic carbocycles. The van der Waals surface area contributed by atoms with Crippen molar-refractivity contribution in [1.29, 1.82) is 10.5 Å². The fraction of sp³-hybridized carbons (Fsp3) is 0.152. The molecule has 0 N–H and O–H groups in total. The van der Waals surface area contributed by atoms with Crippen molar-refractivity contribution in [2.45, 2.75) is 25.2 Å². The number of benzene rings is 3. The molecular weight excluding hydrogens is 452 g/mol. The van der Waals surface area contributed by atoms with Gasteiger partial charge in [-0.2, -0.15) is 10.5 Å². The minimum atomic E-state index is 0.205. The van der Waals surface area contributed by atoms with Crippen molar-refractivity contribution in [3.8, 4) is 17.8 Å². The molecule has 0 spiro atoms. The zero-order valence-corrected chi connectivity index (χ0v) is 20.2. The van der Waals surface area contributed by atoms with Gasteiger partial charge in [-0.15, -0.1) is 0 Å². The third-order valence-electron chi connectivity index (χ3n) is 9.10. The maximum absolute atomic E-state index is 10.0. The summed E-state index contributed by atoms with van der Waals surface area (Å²) in [6, 6.07) is 22.4. The summed E-state index contributed by atoms with van der Waals surface area (Å²) >= 11 is 0. The van der Waals surface area contributed by atoms with Gasteiger partial charge in [0.05, 0.1) is 45.5 Å². The van der Waals surface area contributed by atoms with Crippen molar-refractivity contribution in [1.82, 2.24) is 9.13 Å². The summed E-state index contributed by atoms with van der Waals surface area (Å²) in [5, 5.41) is 23.6. The van der Waals surface area contributed by atoms with Gasteiger partial charge < -0.3 is 9.13 Å². The highest BCUT2D eigenvalue weighted by atomic mass is 15.1. The second-order valence-electron chi connectivity index (χ2n) is 10.7. The van der Waals surface area contributed by atoms with Crippen molar-refractivity contribution in [2.75, 3.05) is 0 Å². The molecule has 0 saturated heterocycles. The van der Waals surface area contributed by atoms with E-state index in [9.17, 15) is 10.5 Å². The van der Waals surface area contributed by atoms with Gasteiger partial charge in [-0.3, -0.25) is 0 Å². The largest absolute Gasteiger partial charge is 0.312 e. The lowest BCUT2D eigenvalue weighted by molar-refractivity contribution is 0.619. The zero-order valence-electron chi connectivity index (χ0n) is 20.2. The molecule has 4 heterocycles. The second-order valence-corrected chi connectivity index (χ2v) is 10.7. The lowest BCUT2D eigenvalue weighted by Gasteiger charge is -2.24. The van der Waals surface area contributed by atoms with Gasteiger partial charge in [0.15, 0.2) is 0 Å². The van der Waals surface area contributed by atoms with Crippen LogP contribution in [0.5, 0.6) is 0 Å². The Labute approximate surface area is 213 Å². The van der Waals surface area contributed by atoms with Gasteiger partial charge in [0.1, 0.15) is 0 Å². The first-order valence-corrected chi connectivity index (χ1v) is 12.9. The summed E-state index contributed by atoms with van der Waals surface area (Å²) in [5.41, 5.74) is 12.5. The van der Waals surface area contributed by atoms with Gasteiger partial charge in [0, 0.05) is 50.5 Å². The highest BCUT2D eigenvalue weighted by molar-refractivity contribution is 6.15. The molecule has 172 valence electrons. The molecule has 0 amide bonds. The number of rotatable bonds is 0. The summed E-state index contributed by atoms with van der Waals surface area (Å²) in [6.45, 7) is 2.24. The normalized spacial score (nSPS) is 22.0. The van der Waals surface area contributed by atoms with Gasteiger partial charge in [-0.25, -0.2) is 0 Å². The van der Waals surface area contributed by atoms with Crippen molar-refractivity contribution in [2.24, 2.45) is 5.92 Å². The fourth-order valence-electron chi connectivity index (χ4n) is 7.77. The van der Waals surface area contributed by atoms with Crippen LogP contribution in [0.25, 0.3) is 49.7 Å². The molecule has 5 aromatic rings. The van der Waals surface area contributed by atoms with E-state index in [1.807, 2.05) is 6.07 Å². The highest BCUT2D eigenvalue weighted by Crippen LogP contribution is 2.56. The molecule has 2 aromatic heterocycles. The van der Waals surface area contributed by atoms with Crippen LogP contribution in [-0.2, 0) is 0 Å². The Hall–Kier alpha value is -4.80. The number of hydrogen-bond acceptors (Lipinski definition) is 2. The van der Waals surface area contributed by atoms with Gasteiger partial charge in [0.25, 0.3) is 0 Å². The molecule has 3 unspecified atom stereocenters. The lowest BCUT2D eigenvalue weighted by atomic mass is 9.77.